The van der Waals surface area contributed by atoms with Gasteiger partial charge >= 0.3 is 6.16 Å². The molecule has 3 N–H and O–H groups in total. The number of unbranched alkanes of at least 4 members (excludes halogenated alkanes) is 2. The number of hydrogen-bond donors (Lipinski definition) is 3. The smallest absolute Gasteiger partial charge is 0.393 e. The van der Waals surface area contributed by atoms with Crippen LogP contribution in [0.2, 0.25) is 0 Å². The first-order valence-corrected chi connectivity index (χ1v) is 14.5. The van der Waals surface area contributed by atoms with Gasteiger partial charge in [0, 0.05) is 16.7 Å². The third-order valence-corrected chi connectivity index (χ3v) is 10.1. The lowest BCUT2D eigenvalue weighted by Gasteiger charge is -2.59. The number of carbonyl (C=O) groups is 2. The molecule has 3 saturated carbocycles. The van der Waals surface area contributed by atoms with Gasteiger partial charge in [-0.05, 0) is 68.9 Å². The molecule has 4 rings (SSSR count). The normalized spacial score (nSPS) is 38.4. The van der Waals surface area contributed by atoms with Crippen molar-refractivity contribution >= 4 is 11.6 Å². The van der Waals surface area contributed by atoms with Crippen LogP contribution in [-0.4, -0.2) is 64.6 Å². The number of aliphatic hydroxyl groups excluding tert-OH is 1. The van der Waals surface area contributed by atoms with E-state index in [4.69, 9.17) is 14.2 Å². The van der Waals surface area contributed by atoms with Crippen LogP contribution in [0.4, 0.5) is 0 Å². The van der Waals surface area contributed by atoms with Gasteiger partial charge in [-0.3, -0.25) is 14.3 Å². The second-order valence-electron chi connectivity index (χ2n) is 12.3. The van der Waals surface area contributed by atoms with Crippen molar-refractivity contribution in [3.63, 3.8) is 0 Å². The minimum atomic E-state index is -2.35. The summed E-state index contributed by atoms with van der Waals surface area (Å²) in [6.45, 7) is 7.86. The Hall–Kier alpha value is -1.42. The molecule has 7 atom stereocenters. The minimum Gasteiger partial charge on any atom is -0.393 e. The summed E-state index contributed by atoms with van der Waals surface area (Å²) in [5.74, 6) is -0.477. The predicted octanol–water partition coefficient (Wildman–Crippen LogP) is 3.82. The number of hydrogen-bond acceptors (Lipinski definition) is 8. The summed E-state index contributed by atoms with van der Waals surface area (Å²) < 4.78 is 16.4. The Morgan fingerprint density at radius 3 is 2.39 bits per heavy atom. The van der Waals surface area contributed by atoms with Crippen LogP contribution in [0.25, 0.3) is 0 Å². The Kier molecular flexibility index (Phi) is 8.73. The number of rotatable bonds is 12. The lowest BCUT2D eigenvalue weighted by Crippen LogP contribution is -2.62. The summed E-state index contributed by atoms with van der Waals surface area (Å²) in [6.07, 6.45) is 8.06. The summed E-state index contributed by atoms with van der Waals surface area (Å²) in [5, 5.41) is 34.2. The summed E-state index contributed by atoms with van der Waals surface area (Å²) >= 11 is 0. The summed E-state index contributed by atoms with van der Waals surface area (Å²) in [7, 11) is 0. The Morgan fingerprint density at radius 1 is 1.11 bits per heavy atom. The molecule has 0 aromatic carbocycles. The summed E-state index contributed by atoms with van der Waals surface area (Å²) in [6, 6.07) is 0. The Morgan fingerprint density at radius 2 is 1.76 bits per heavy atom. The highest BCUT2D eigenvalue weighted by Crippen LogP contribution is 2.67. The molecule has 1 unspecified atom stereocenters. The minimum absolute atomic E-state index is 0.00999. The van der Waals surface area contributed by atoms with Crippen LogP contribution >= 0.6 is 0 Å². The second-order valence-corrected chi connectivity index (χ2v) is 12.3. The molecule has 0 saturated heterocycles. The highest BCUT2D eigenvalue weighted by molar-refractivity contribution is 6.01. The number of ether oxygens (including phenoxy) is 3. The van der Waals surface area contributed by atoms with E-state index in [0.29, 0.717) is 19.3 Å². The van der Waals surface area contributed by atoms with Gasteiger partial charge in [-0.15, -0.1) is 0 Å². The average Bonchev–Trinajstić information content (AvgIpc) is 3.14. The molecule has 0 radical (unpaired) electrons. The van der Waals surface area contributed by atoms with E-state index in [2.05, 4.69) is 6.92 Å². The first kappa shape index (κ1) is 29.6. The van der Waals surface area contributed by atoms with Gasteiger partial charge in [-0.1, -0.05) is 52.2 Å². The van der Waals surface area contributed by atoms with Crippen molar-refractivity contribution in [3.05, 3.63) is 23.8 Å². The van der Waals surface area contributed by atoms with Gasteiger partial charge in [-0.2, -0.15) is 0 Å². The predicted molar refractivity (Wildman–Crippen MR) is 141 cm³/mol. The van der Waals surface area contributed by atoms with E-state index in [1.165, 1.54) is 0 Å². The average molecular weight is 535 g/mol. The molecule has 0 heterocycles. The molecular weight excluding hydrogens is 488 g/mol. The first-order chi connectivity index (χ1) is 17.9. The Labute approximate surface area is 226 Å². The zero-order valence-electron chi connectivity index (χ0n) is 23.4. The molecule has 38 heavy (non-hydrogen) atoms. The number of aliphatic hydroxyl groups is 3. The molecule has 3 fully saturated rings. The largest absolute Gasteiger partial charge is 0.410 e. The standard InChI is InChI=1S/C30H46O8/c1-5-7-15-36-30(35,37-16-8-6-2)38-19-25(33)29(34)14-12-23-22-10-9-20-17-21(31)11-13-27(20,3)26(22)24(32)18-28(23,29)4/h11,13,17,22-24,26,32,34-35H,5-10,12,14-16,18-19H2,1-4H3/t22-,23-,24?,26+,27-,28-,29-/m0/s1. The van der Waals surface area contributed by atoms with Crippen molar-refractivity contribution in [2.45, 2.75) is 103 Å². The van der Waals surface area contributed by atoms with Gasteiger partial charge in [0.05, 0.1) is 19.3 Å². The summed E-state index contributed by atoms with van der Waals surface area (Å²) in [4.78, 5) is 25.6. The number of fused-ring (bicyclic) bond motifs is 5. The monoisotopic (exact) mass is 534 g/mol. The maximum absolute atomic E-state index is 13.6. The number of Topliss-reactive ketones (excluding diaryl/α,β-unsaturated/α-hetero) is 1. The molecule has 4 aliphatic carbocycles. The Balaban J connectivity index is 1.50. The van der Waals surface area contributed by atoms with E-state index in [-0.39, 0.29) is 49.6 Å². The van der Waals surface area contributed by atoms with Gasteiger partial charge in [-0.25, -0.2) is 0 Å². The van der Waals surface area contributed by atoms with Crippen molar-refractivity contribution in [2.24, 2.45) is 28.6 Å². The van der Waals surface area contributed by atoms with Gasteiger partial charge in [0.1, 0.15) is 12.2 Å². The van der Waals surface area contributed by atoms with Crippen LogP contribution in [0.15, 0.2) is 23.8 Å². The molecule has 4 aliphatic rings. The van der Waals surface area contributed by atoms with Crippen LogP contribution in [0.5, 0.6) is 0 Å². The van der Waals surface area contributed by atoms with Crippen LogP contribution in [0, 0.1) is 28.6 Å². The molecule has 8 nitrogen and oxygen atoms in total. The van der Waals surface area contributed by atoms with Crippen molar-refractivity contribution in [2.75, 3.05) is 19.8 Å². The van der Waals surface area contributed by atoms with Crippen LogP contribution in [-0.2, 0) is 23.8 Å². The molecular formula is C30H46O8. The van der Waals surface area contributed by atoms with E-state index in [0.717, 1.165) is 31.3 Å². The first-order valence-electron chi connectivity index (χ1n) is 14.5. The van der Waals surface area contributed by atoms with Crippen molar-refractivity contribution in [3.8, 4) is 0 Å². The quantitative estimate of drug-likeness (QED) is 0.255. The fourth-order valence-corrected chi connectivity index (χ4v) is 7.88. The highest BCUT2D eigenvalue weighted by atomic mass is 17.0. The number of allylic oxidation sites excluding steroid dienone is 4. The van der Waals surface area contributed by atoms with Gasteiger partial charge in [0.25, 0.3) is 0 Å². The zero-order valence-corrected chi connectivity index (χ0v) is 23.4. The third kappa shape index (κ3) is 5.08. The van der Waals surface area contributed by atoms with Crippen LogP contribution in [0.3, 0.4) is 0 Å². The van der Waals surface area contributed by atoms with Crippen molar-refractivity contribution < 1.29 is 39.1 Å². The maximum Gasteiger partial charge on any atom is 0.410 e. The second kappa shape index (κ2) is 11.2. The zero-order chi connectivity index (χ0) is 27.8. The van der Waals surface area contributed by atoms with Gasteiger partial charge < -0.3 is 24.8 Å². The third-order valence-electron chi connectivity index (χ3n) is 10.1. The lowest BCUT2D eigenvalue weighted by molar-refractivity contribution is -0.483. The maximum atomic E-state index is 13.6. The molecule has 214 valence electrons. The van der Waals surface area contributed by atoms with Crippen LogP contribution < -0.4 is 0 Å². The van der Waals surface area contributed by atoms with Crippen molar-refractivity contribution in [1.29, 1.82) is 0 Å². The van der Waals surface area contributed by atoms with E-state index in [9.17, 15) is 24.9 Å². The number of ketones is 2. The van der Waals surface area contributed by atoms with Crippen molar-refractivity contribution in [1.82, 2.24) is 0 Å². The molecule has 8 heteroatoms. The molecule has 0 aromatic rings. The highest BCUT2D eigenvalue weighted by Gasteiger charge is 2.68. The number of carbonyl (C=O) groups excluding carboxylic acids is 2. The van der Waals surface area contributed by atoms with E-state index < -0.39 is 41.1 Å². The lowest BCUT2D eigenvalue weighted by atomic mass is 9.46. The SMILES string of the molecule is CCCCOC(O)(OCCCC)OCC(=O)[C@@]1(O)CC[C@H]2[C@@H]3CCC4=CC(=O)C=C[C@]4(C)[C@H]3C(O)C[C@@]21C. The fourth-order valence-electron chi connectivity index (χ4n) is 7.88. The molecule has 0 spiro atoms. The molecule has 0 bridgehead atoms. The van der Waals surface area contributed by atoms with E-state index in [1.54, 1.807) is 12.2 Å². The topological polar surface area (TPSA) is 123 Å². The fraction of sp³-hybridized carbons (Fsp3) is 0.800. The molecule has 0 aromatic heterocycles. The van der Waals surface area contributed by atoms with E-state index >= 15 is 0 Å². The molecule has 0 aliphatic heterocycles. The van der Waals surface area contributed by atoms with E-state index in [1.807, 2.05) is 26.8 Å². The van der Waals surface area contributed by atoms with Gasteiger partial charge in [0.2, 0.25) is 0 Å². The van der Waals surface area contributed by atoms with Crippen LogP contribution in [0.1, 0.15) is 85.5 Å². The Bertz CT molecular complexity index is 948. The summed E-state index contributed by atoms with van der Waals surface area (Å²) in [5.41, 5.74) is -1.89. The molecule has 0 amide bonds. The van der Waals surface area contributed by atoms with Gasteiger partial charge in [0.15, 0.2) is 11.6 Å².